The van der Waals surface area contributed by atoms with E-state index in [0.717, 1.165) is 25.9 Å². The predicted molar refractivity (Wildman–Crippen MR) is 104 cm³/mol. The van der Waals surface area contributed by atoms with Crippen LogP contribution >= 0.6 is 0 Å². The average Bonchev–Trinajstić information content (AvgIpc) is 3.03. The molecule has 0 saturated carbocycles. The van der Waals surface area contributed by atoms with Crippen LogP contribution in [0.4, 0.5) is 5.69 Å². The summed E-state index contributed by atoms with van der Waals surface area (Å²) in [7, 11) is 1.60. The zero-order valence-corrected chi connectivity index (χ0v) is 16.1. The van der Waals surface area contributed by atoms with E-state index in [1.54, 1.807) is 31.4 Å². The van der Waals surface area contributed by atoms with Gasteiger partial charge in [-0.15, -0.1) is 0 Å². The van der Waals surface area contributed by atoms with Gasteiger partial charge in [0.15, 0.2) is 0 Å². The lowest BCUT2D eigenvalue weighted by molar-refractivity contribution is -0.123. The number of imide groups is 1. The van der Waals surface area contributed by atoms with Crippen LogP contribution < -0.4 is 9.64 Å². The fourth-order valence-electron chi connectivity index (χ4n) is 4.75. The molecule has 3 heterocycles. The molecule has 3 fully saturated rings. The van der Waals surface area contributed by atoms with Crippen molar-refractivity contribution in [1.29, 1.82) is 0 Å². The lowest BCUT2D eigenvalue weighted by Crippen LogP contribution is -2.51. The first-order valence-electron chi connectivity index (χ1n) is 10.2. The smallest absolute Gasteiger partial charge is 0.251 e. The van der Waals surface area contributed by atoms with Crippen molar-refractivity contribution in [2.45, 2.75) is 50.6 Å². The summed E-state index contributed by atoms with van der Waals surface area (Å²) in [4.78, 5) is 31.7. The maximum atomic E-state index is 13.0. The maximum Gasteiger partial charge on any atom is 0.251 e. The molecule has 6 heteroatoms. The SMILES string of the molecule is COc1ccc(N2C(=O)C[C@H](N3CCC(N4CCCCC4)CC3)C2=O)cc1. The van der Waals surface area contributed by atoms with Crippen molar-refractivity contribution >= 4 is 17.5 Å². The third-order valence-corrected chi connectivity index (χ3v) is 6.30. The Bertz CT molecular complexity index is 676. The highest BCUT2D eigenvalue weighted by atomic mass is 16.5. The summed E-state index contributed by atoms with van der Waals surface area (Å²) in [5, 5.41) is 0. The second-order valence-corrected chi connectivity index (χ2v) is 7.85. The molecule has 3 aliphatic rings. The predicted octanol–water partition coefficient (Wildman–Crippen LogP) is 2.28. The molecular formula is C21H29N3O3. The molecule has 3 aliphatic heterocycles. The molecule has 1 aromatic carbocycles. The van der Waals surface area contributed by atoms with Crippen LogP contribution in [0.25, 0.3) is 0 Å². The number of ether oxygens (including phenoxy) is 1. The minimum Gasteiger partial charge on any atom is -0.497 e. The van der Waals surface area contributed by atoms with E-state index in [1.807, 2.05) is 0 Å². The topological polar surface area (TPSA) is 53.1 Å². The average molecular weight is 371 g/mol. The zero-order valence-electron chi connectivity index (χ0n) is 16.1. The van der Waals surface area contributed by atoms with E-state index < -0.39 is 0 Å². The summed E-state index contributed by atoms with van der Waals surface area (Å²) >= 11 is 0. The van der Waals surface area contributed by atoms with Crippen molar-refractivity contribution in [2.75, 3.05) is 38.2 Å². The highest BCUT2D eigenvalue weighted by molar-refractivity contribution is 6.22. The Morgan fingerprint density at radius 2 is 1.56 bits per heavy atom. The summed E-state index contributed by atoms with van der Waals surface area (Å²) in [5.74, 6) is 0.532. The third-order valence-electron chi connectivity index (χ3n) is 6.30. The Balaban J connectivity index is 1.38. The molecule has 0 N–H and O–H groups in total. The molecule has 0 aliphatic carbocycles. The summed E-state index contributed by atoms with van der Waals surface area (Å²) in [5.41, 5.74) is 0.636. The Hall–Kier alpha value is -1.92. The molecule has 3 saturated heterocycles. The van der Waals surface area contributed by atoms with Crippen LogP contribution in [0.5, 0.6) is 5.75 Å². The monoisotopic (exact) mass is 371 g/mol. The molecule has 146 valence electrons. The van der Waals surface area contributed by atoms with Gasteiger partial charge in [-0.05, 0) is 63.0 Å². The molecule has 2 amide bonds. The standard InChI is InChI=1S/C21H29N3O3/c1-27-18-7-5-17(6-8-18)24-20(25)15-19(21(24)26)23-13-9-16(10-14-23)22-11-3-2-4-12-22/h5-8,16,19H,2-4,9-15H2,1H3/t19-/m0/s1. The highest BCUT2D eigenvalue weighted by Gasteiger charge is 2.43. The Kier molecular flexibility index (Phi) is 5.45. The first-order chi connectivity index (χ1) is 13.2. The number of hydrogen-bond acceptors (Lipinski definition) is 5. The first-order valence-corrected chi connectivity index (χ1v) is 10.2. The van der Waals surface area contributed by atoms with Gasteiger partial charge >= 0.3 is 0 Å². The van der Waals surface area contributed by atoms with Crippen LogP contribution in [0.1, 0.15) is 38.5 Å². The van der Waals surface area contributed by atoms with Gasteiger partial charge in [0, 0.05) is 19.1 Å². The molecule has 0 spiro atoms. The molecular weight excluding hydrogens is 342 g/mol. The van der Waals surface area contributed by atoms with Gasteiger partial charge in [-0.3, -0.25) is 14.5 Å². The number of rotatable bonds is 4. The second kappa shape index (κ2) is 7.98. The normalized spacial score (nSPS) is 26.0. The number of hydrogen-bond donors (Lipinski definition) is 0. The van der Waals surface area contributed by atoms with Crippen molar-refractivity contribution in [2.24, 2.45) is 0 Å². The number of benzene rings is 1. The van der Waals surface area contributed by atoms with Crippen molar-refractivity contribution in [3.05, 3.63) is 24.3 Å². The van der Waals surface area contributed by atoms with Gasteiger partial charge in [0.05, 0.1) is 25.3 Å². The quantitative estimate of drug-likeness (QED) is 0.760. The van der Waals surface area contributed by atoms with E-state index in [-0.39, 0.29) is 17.9 Å². The van der Waals surface area contributed by atoms with E-state index in [4.69, 9.17) is 4.74 Å². The van der Waals surface area contributed by atoms with E-state index in [1.165, 1.54) is 37.3 Å². The van der Waals surface area contributed by atoms with Gasteiger partial charge in [-0.25, -0.2) is 4.90 Å². The number of methoxy groups -OCH3 is 1. The summed E-state index contributed by atoms with van der Waals surface area (Å²) < 4.78 is 5.16. The highest BCUT2D eigenvalue weighted by Crippen LogP contribution is 2.29. The molecule has 0 radical (unpaired) electrons. The second-order valence-electron chi connectivity index (χ2n) is 7.85. The fourth-order valence-corrected chi connectivity index (χ4v) is 4.75. The van der Waals surface area contributed by atoms with E-state index in [0.29, 0.717) is 23.9 Å². The molecule has 1 aromatic rings. The molecule has 1 atom stereocenters. The minimum atomic E-state index is -0.304. The minimum absolute atomic E-state index is 0.0819. The lowest BCUT2D eigenvalue weighted by atomic mass is 9.98. The van der Waals surface area contributed by atoms with Crippen LogP contribution in [0.15, 0.2) is 24.3 Å². The van der Waals surface area contributed by atoms with Crippen LogP contribution in [0, 0.1) is 0 Å². The van der Waals surface area contributed by atoms with Crippen LogP contribution in [0.3, 0.4) is 0 Å². The Morgan fingerprint density at radius 3 is 2.19 bits per heavy atom. The van der Waals surface area contributed by atoms with Gasteiger partial charge in [-0.1, -0.05) is 6.42 Å². The number of nitrogens with zero attached hydrogens (tertiary/aromatic N) is 3. The van der Waals surface area contributed by atoms with E-state index in [9.17, 15) is 9.59 Å². The number of amides is 2. The number of anilines is 1. The van der Waals surface area contributed by atoms with Crippen LogP contribution in [0.2, 0.25) is 0 Å². The lowest BCUT2D eigenvalue weighted by Gasteiger charge is -2.41. The molecule has 6 nitrogen and oxygen atoms in total. The molecule has 0 bridgehead atoms. The molecule has 0 aromatic heterocycles. The van der Waals surface area contributed by atoms with Gasteiger partial charge < -0.3 is 9.64 Å². The van der Waals surface area contributed by atoms with Crippen molar-refractivity contribution in [3.63, 3.8) is 0 Å². The van der Waals surface area contributed by atoms with Crippen LogP contribution in [-0.2, 0) is 9.59 Å². The number of likely N-dealkylation sites (tertiary alicyclic amines) is 2. The van der Waals surface area contributed by atoms with E-state index >= 15 is 0 Å². The first kappa shape index (κ1) is 18.4. The Labute approximate surface area is 161 Å². The number of carbonyl (C=O) groups excluding carboxylic acids is 2. The fraction of sp³-hybridized carbons (Fsp3) is 0.619. The maximum absolute atomic E-state index is 13.0. The van der Waals surface area contributed by atoms with Crippen molar-refractivity contribution < 1.29 is 14.3 Å². The molecule has 4 rings (SSSR count). The summed E-state index contributed by atoms with van der Waals surface area (Å²) in [6.45, 7) is 4.25. The largest absolute Gasteiger partial charge is 0.497 e. The van der Waals surface area contributed by atoms with Gasteiger partial charge in [0.1, 0.15) is 5.75 Å². The van der Waals surface area contributed by atoms with Crippen molar-refractivity contribution in [3.8, 4) is 5.75 Å². The summed E-state index contributed by atoms with van der Waals surface area (Å²) in [6.07, 6.45) is 6.47. The van der Waals surface area contributed by atoms with Crippen LogP contribution in [-0.4, -0.2) is 67.0 Å². The van der Waals surface area contributed by atoms with Gasteiger partial charge in [0.25, 0.3) is 5.91 Å². The Morgan fingerprint density at radius 1 is 0.889 bits per heavy atom. The number of carbonyl (C=O) groups is 2. The van der Waals surface area contributed by atoms with E-state index in [2.05, 4.69) is 9.80 Å². The van der Waals surface area contributed by atoms with Gasteiger partial charge in [-0.2, -0.15) is 0 Å². The third kappa shape index (κ3) is 3.73. The zero-order chi connectivity index (χ0) is 18.8. The molecule has 0 unspecified atom stereocenters. The number of piperidine rings is 2. The summed E-state index contributed by atoms with van der Waals surface area (Å²) in [6, 6.07) is 7.47. The van der Waals surface area contributed by atoms with Gasteiger partial charge in [0.2, 0.25) is 5.91 Å². The molecule has 27 heavy (non-hydrogen) atoms. The van der Waals surface area contributed by atoms with Crippen molar-refractivity contribution in [1.82, 2.24) is 9.80 Å².